The molecule has 3 aromatic carbocycles. The van der Waals surface area contributed by atoms with Gasteiger partial charge < -0.3 is 14.6 Å². The third-order valence-corrected chi connectivity index (χ3v) is 7.29. The van der Waals surface area contributed by atoms with E-state index in [4.69, 9.17) is 16.3 Å². The van der Waals surface area contributed by atoms with Gasteiger partial charge in [0.1, 0.15) is 18.4 Å². The normalized spacial score (nSPS) is 15.1. The molecule has 0 saturated heterocycles. The fourth-order valence-corrected chi connectivity index (χ4v) is 5.36. The molecule has 5 aromatic rings. The number of hydrogen-bond acceptors (Lipinski definition) is 4. The molecule has 39 heavy (non-hydrogen) atoms. The molecule has 196 valence electrons. The van der Waals surface area contributed by atoms with Crippen LogP contribution in [0.25, 0.3) is 17.0 Å². The molecule has 3 heterocycles. The van der Waals surface area contributed by atoms with Crippen LogP contribution in [-0.4, -0.2) is 43.7 Å². The van der Waals surface area contributed by atoms with Gasteiger partial charge in [0, 0.05) is 47.2 Å². The molecule has 8 heteroatoms. The van der Waals surface area contributed by atoms with E-state index in [1.165, 1.54) is 11.9 Å². The maximum absolute atomic E-state index is 13.5. The first-order valence-electron chi connectivity index (χ1n) is 13.0. The number of halogens is 1. The zero-order valence-corrected chi connectivity index (χ0v) is 22.1. The number of H-pyrrole nitrogens is 1. The molecule has 0 aliphatic carbocycles. The Bertz CT molecular complexity index is 1590. The van der Waals surface area contributed by atoms with Crippen molar-refractivity contribution in [1.29, 1.82) is 0 Å². The van der Waals surface area contributed by atoms with Crippen LogP contribution >= 0.6 is 11.6 Å². The van der Waals surface area contributed by atoms with Crippen molar-refractivity contribution in [3.8, 4) is 5.75 Å². The Morgan fingerprint density at radius 1 is 1.10 bits per heavy atom. The summed E-state index contributed by atoms with van der Waals surface area (Å²) in [6.07, 6.45) is 8.35. The minimum atomic E-state index is -0.255. The van der Waals surface area contributed by atoms with Crippen molar-refractivity contribution in [2.45, 2.75) is 25.4 Å². The molecule has 1 atom stereocenters. The van der Waals surface area contributed by atoms with E-state index < -0.39 is 0 Å². The first-order chi connectivity index (χ1) is 19.2. The number of benzene rings is 3. The summed E-state index contributed by atoms with van der Waals surface area (Å²) in [5.74, 6) is 0.762. The fraction of sp³-hybridized carbons (Fsp3) is 0.194. The second-order valence-corrected chi connectivity index (χ2v) is 10.0. The molecule has 0 bridgehead atoms. The number of aryl methyl sites for hydroxylation is 1. The van der Waals surface area contributed by atoms with Crippen molar-refractivity contribution in [3.63, 3.8) is 0 Å². The number of nitrogens with one attached hydrogen (secondary N) is 1. The third kappa shape index (κ3) is 5.45. The van der Waals surface area contributed by atoms with E-state index in [9.17, 15) is 4.79 Å². The van der Waals surface area contributed by atoms with Gasteiger partial charge in [0.25, 0.3) is 0 Å². The van der Waals surface area contributed by atoms with E-state index in [1.807, 2.05) is 83.8 Å². The summed E-state index contributed by atoms with van der Waals surface area (Å²) in [7, 11) is 0. The highest BCUT2D eigenvalue weighted by Gasteiger charge is 2.33. The topological polar surface area (TPSA) is 76.0 Å². The average molecular weight is 538 g/mol. The average Bonchev–Trinajstić information content (AvgIpc) is 3.62. The Morgan fingerprint density at radius 3 is 2.74 bits per heavy atom. The summed E-state index contributed by atoms with van der Waals surface area (Å²) in [6.45, 7) is 1.93. The smallest absolute Gasteiger partial charge is 0.247 e. The third-order valence-electron chi connectivity index (χ3n) is 7.05. The zero-order chi connectivity index (χ0) is 26.6. The second-order valence-electron chi connectivity index (χ2n) is 9.56. The van der Waals surface area contributed by atoms with Crippen LogP contribution in [0.5, 0.6) is 5.75 Å². The molecule has 0 radical (unpaired) electrons. The molecule has 0 saturated carbocycles. The summed E-state index contributed by atoms with van der Waals surface area (Å²) < 4.78 is 7.75. The summed E-state index contributed by atoms with van der Waals surface area (Å²) in [5, 5.41) is 5.93. The fourth-order valence-electron chi connectivity index (χ4n) is 5.18. The standard InChI is InChI=1S/C31H28ClN5O2/c32-24-10-13-28-27(19-24)26-15-17-37(29(38)14-7-22-5-2-1-3-6-22)31(30(26)35-28)23-8-11-25(12-9-23)39-18-4-16-36-21-33-20-34-36/h1-3,5-14,19-21,31,35H,4,15-18H2. The number of nitrogens with zero attached hydrogens (tertiary/aromatic N) is 4. The van der Waals surface area contributed by atoms with E-state index in [2.05, 4.69) is 15.1 Å². The second kappa shape index (κ2) is 11.2. The van der Waals surface area contributed by atoms with Crippen LogP contribution in [0.3, 0.4) is 0 Å². The van der Waals surface area contributed by atoms with Crippen molar-refractivity contribution in [3.05, 3.63) is 119 Å². The SMILES string of the molecule is O=C(C=Cc1ccccc1)N1CCc2c([nH]c3ccc(Cl)cc23)C1c1ccc(OCCCn2cncn2)cc1. The Hall–Kier alpha value is -4.36. The molecule has 1 aliphatic heterocycles. The van der Waals surface area contributed by atoms with Crippen LogP contribution < -0.4 is 4.74 Å². The number of amides is 1. The molecule has 7 nitrogen and oxygen atoms in total. The van der Waals surface area contributed by atoms with E-state index in [0.29, 0.717) is 18.2 Å². The number of aromatic amines is 1. The highest BCUT2D eigenvalue weighted by Crippen LogP contribution is 2.39. The summed E-state index contributed by atoms with van der Waals surface area (Å²) in [4.78, 5) is 23.0. The van der Waals surface area contributed by atoms with Crippen LogP contribution in [-0.2, 0) is 17.8 Å². The summed E-state index contributed by atoms with van der Waals surface area (Å²) in [5.41, 5.74) is 5.27. The maximum atomic E-state index is 13.5. The van der Waals surface area contributed by atoms with E-state index in [1.54, 1.807) is 17.1 Å². The van der Waals surface area contributed by atoms with Gasteiger partial charge in [-0.2, -0.15) is 5.10 Å². The minimum absolute atomic E-state index is 0.0281. The van der Waals surface area contributed by atoms with Crippen LogP contribution in [0.4, 0.5) is 0 Å². The van der Waals surface area contributed by atoms with Crippen molar-refractivity contribution >= 4 is 34.5 Å². The monoisotopic (exact) mass is 537 g/mol. The lowest BCUT2D eigenvalue weighted by atomic mass is 9.92. The molecule has 0 fully saturated rings. The number of rotatable bonds is 8. The molecule has 0 spiro atoms. The van der Waals surface area contributed by atoms with Gasteiger partial charge >= 0.3 is 0 Å². The first-order valence-corrected chi connectivity index (χ1v) is 13.4. The van der Waals surface area contributed by atoms with Crippen LogP contribution in [0, 0.1) is 0 Å². The van der Waals surface area contributed by atoms with E-state index >= 15 is 0 Å². The Kier molecular flexibility index (Phi) is 7.15. The zero-order valence-electron chi connectivity index (χ0n) is 21.3. The van der Waals surface area contributed by atoms with Crippen LogP contribution in [0.15, 0.2) is 91.5 Å². The van der Waals surface area contributed by atoms with Crippen molar-refractivity contribution in [2.75, 3.05) is 13.2 Å². The maximum Gasteiger partial charge on any atom is 0.247 e. The predicted octanol–water partition coefficient (Wildman–Crippen LogP) is 6.07. The number of carbonyl (C=O) groups excluding carboxylic acids is 1. The molecule has 6 rings (SSSR count). The molecular formula is C31H28ClN5O2. The van der Waals surface area contributed by atoms with Gasteiger partial charge in [-0.25, -0.2) is 4.98 Å². The number of carbonyl (C=O) groups is 1. The van der Waals surface area contributed by atoms with Gasteiger partial charge in [-0.15, -0.1) is 0 Å². The number of aromatic nitrogens is 4. The van der Waals surface area contributed by atoms with E-state index in [0.717, 1.165) is 52.9 Å². The molecule has 1 aliphatic rings. The van der Waals surface area contributed by atoms with Crippen molar-refractivity contribution in [1.82, 2.24) is 24.6 Å². The molecule has 1 amide bonds. The van der Waals surface area contributed by atoms with Gasteiger partial charge in [0.05, 0.1) is 12.6 Å². The largest absolute Gasteiger partial charge is 0.494 e. The number of hydrogen-bond donors (Lipinski definition) is 1. The van der Waals surface area contributed by atoms with Gasteiger partial charge in [0.2, 0.25) is 5.91 Å². The van der Waals surface area contributed by atoms with Gasteiger partial charge in [-0.1, -0.05) is 54.1 Å². The van der Waals surface area contributed by atoms with Crippen molar-refractivity contribution in [2.24, 2.45) is 0 Å². The molecule has 1 unspecified atom stereocenters. The highest BCUT2D eigenvalue weighted by atomic mass is 35.5. The quantitative estimate of drug-likeness (QED) is 0.192. The molecule has 1 N–H and O–H groups in total. The Labute approximate surface area is 231 Å². The summed E-state index contributed by atoms with van der Waals surface area (Å²) in [6, 6.07) is 23.6. The van der Waals surface area contributed by atoms with Gasteiger partial charge in [0.15, 0.2) is 0 Å². The number of ether oxygens (including phenoxy) is 1. The van der Waals surface area contributed by atoms with Gasteiger partial charge in [-0.3, -0.25) is 9.48 Å². The van der Waals surface area contributed by atoms with Crippen LogP contribution in [0.2, 0.25) is 5.02 Å². The molecule has 2 aromatic heterocycles. The first kappa shape index (κ1) is 24.9. The highest BCUT2D eigenvalue weighted by molar-refractivity contribution is 6.31. The molecular weight excluding hydrogens is 510 g/mol. The Balaban J connectivity index is 1.26. The van der Waals surface area contributed by atoms with E-state index in [-0.39, 0.29) is 11.9 Å². The lowest BCUT2D eigenvalue weighted by molar-refractivity contribution is -0.128. The lowest BCUT2D eigenvalue weighted by Crippen LogP contribution is -2.39. The van der Waals surface area contributed by atoms with Gasteiger partial charge in [-0.05, 0) is 59.5 Å². The lowest BCUT2D eigenvalue weighted by Gasteiger charge is -2.35. The minimum Gasteiger partial charge on any atom is -0.494 e. The Morgan fingerprint density at radius 2 is 1.95 bits per heavy atom. The number of fused-ring (bicyclic) bond motifs is 3. The summed E-state index contributed by atoms with van der Waals surface area (Å²) >= 11 is 6.34. The van der Waals surface area contributed by atoms with Crippen LogP contribution in [0.1, 0.15) is 34.8 Å². The predicted molar refractivity (Wildman–Crippen MR) is 153 cm³/mol. The van der Waals surface area contributed by atoms with Crippen molar-refractivity contribution < 1.29 is 9.53 Å².